The lowest BCUT2D eigenvalue weighted by Crippen LogP contribution is -2.36. The second-order valence-electron chi connectivity index (χ2n) is 5.66. The first-order valence-corrected chi connectivity index (χ1v) is 7.27. The molecule has 0 atom stereocenters. The van der Waals surface area contributed by atoms with Gasteiger partial charge in [0.05, 0.1) is 12.0 Å². The van der Waals surface area contributed by atoms with Gasteiger partial charge in [0.1, 0.15) is 7.05 Å². The van der Waals surface area contributed by atoms with Crippen LogP contribution in [0.4, 0.5) is 0 Å². The van der Waals surface area contributed by atoms with Gasteiger partial charge in [-0.1, -0.05) is 18.2 Å². The first kappa shape index (κ1) is 12.3. The molecule has 0 radical (unpaired) electrons. The van der Waals surface area contributed by atoms with E-state index in [1.165, 1.54) is 39.2 Å². The van der Waals surface area contributed by atoms with Crippen molar-refractivity contribution in [2.45, 2.75) is 13.3 Å². The lowest BCUT2D eigenvalue weighted by atomic mass is 10.0. The molecule has 2 aromatic heterocycles. The molecular weight excluding hydrogens is 256 g/mol. The van der Waals surface area contributed by atoms with Crippen LogP contribution in [0.3, 0.4) is 0 Å². The van der Waals surface area contributed by atoms with Crippen LogP contribution >= 0.6 is 0 Å². The molecule has 0 unspecified atom stereocenters. The predicted molar refractivity (Wildman–Crippen MR) is 83.8 cm³/mol. The summed E-state index contributed by atoms with van der Waals surface area (Å²) in [4.78, 5) is 4.27. The van der Waals surface area contributed by atoms with Crippen LogP contribution in [0.5, 0.6) is 0 Å². The third-order valence-corrected chi connectivity index (χ3v) is 4.47. The van der Waals surface area contributed by atoms with Crippen molar-refractivity contribution in [2.75, 3.05) is 0 Å². The molecule has 0 spiro atoms. The molecule has 102 valence electrons. The average Bonchev–Trinajstić information content (AvgIpc) is 2.89. The van der Waals surface area contributed by atoms with E-state index >= 15 is 0 Å². The summed E-state index contributed by atoms with van der Waals surface area (Å²) in [7, 11) is 2.17. The zero-order chi connectivity index (χ0) is 14.4. The van der Waals surface area contributed by atoms with Gasteiger partial charge in [-0.3, -0.25) is 4.98 Å². The number of rotatable bonds is 1. The molecule has 1 aliphatic carbocycles. The van der Waals surface area contributed by atoms with E-state index in [9.17, 15) is 0 Å². The fourth-order valence-corrected chi connectivity index (χ4v) is 3.29. The van der Waals surface area contributed by atoms with E-state index in [0.29, 0.717) is 0 Å². The van der Waals surface area contributed by atoms with Crippen molar-refractivity contribution in [2.24, 2.45) is 7.05 Å². The van der Waals surface area contributed by atoms with Crippen LogP contribution in [0, 0.1) is 6.92 Å². The number of aryl methyl sites for hydroxylation is 1. The molecule has 0 saturated heterocycles. The van der Waals surface area contributed by atoms with Crippen LogP contribution < -0.4 is 4.57 Å². The number of nitrogens with zero attached hydrogens (tertiary/aromatic N) is 2. The van der Waals surface area contributed by atoms with Crippen molar-refractivity contribution >= 4 is 0 Å². The Balaban J connectivity index is 1.93. The maximum atomic E-state index is 4.27. The summed E-state index contributed by atoms with van der Waals surface area (Å²) in [5, 5.41) is 0. The zero-order valence-corrected chi connectivity index (χ0v) is 12.3. The number of benzene rings is 1. The molecule has 21 heavy (non-hydrogen) atoms. The minimum Gasteiger partial charge on any atom is -0.264 e. The molecular formula is C19H17N2+. The van der Waals surface area contributed by atoms with Gasteiger partial charge in [-0.05, 0) is 36.2 Å². The highest BCUT2D eigenvalue weighted by Crippen LogP contribution is 2.35. The molecule has 4 rings (SSSR count). The van der Waals surface area contributed by atoms with Gasteiger partial charge in [-0.25, -0.2) is 0 Å². The van der Waals surface area contributed by atoms with Gasteiger partial charge in [0.25, 0.3) is 0 Å². The molecule has 0 fully saturated rings. The Kier molecular flexibility index (Phi) is 2.64. The Morgan fingerprint density at radius 3 is 2.67 bits per heavy atom. The van der Waals surface area contributed by atoms with E-state index in [2.05, 4.69) is 66.0 Å². The second kappa shape index (κ2) is 4.52. The third kappa shape index (κ3) is 1.79. The number of hydrogen-bond acceptors (Lipinski definition) is 1. The van der Waals surface area contributed by atoms with Crippen LogP contribution in [0.15, 0.2) is 54.9 Å². The maximum absolute atomic E-state index is 4.27. The van der Waals surface area contributed by atoms with Gasteiger partial charge >= 0.3 is 0 Å². The largest absolute Gasteiger partial charge is 0.264 e. The molecule has 2 heterocycles. The van der Waals surface area contributed by atoms with Crippen LogP contribution in [0.2, 0.25) is 0 Å². The molecule has 2 nitrogen and oxygen atoms in total. The van der Waals surface area contributed by atoms with Crippen LogP contribution in [0.1, 0.15) is 16.8 Å². The normalized spacial score (nSPS) is 12.1. The summed E-state index contributed by atoms with van der Waals surface area (Å²) in [6.45, 7) is 2.17. The van der Waals surface area contributed by atoms with Gasteiger partial charge in [-0.2, -0.15) is 4.57 Å². The molecule has 2 heteroatoms. The number of fused-ring (bicyclic) bond motifs is 3. The highest BCUT2D eigenvalue weighted by Gasteiger charge is 2.28. The Bertz CT molecular complexity index is 850. The van der Waals surface area contributed by atoms with E-state index in [0.717, 1.165) is 6.42 Å². The minimum absolute atomic E-state index is 0.989. The standard InChI is InChI=1S/C19H17N2/c1-13-5-3-4-6-15(13)18-8-7-16-17-12-20-10-9-14(17)11-19(16)21(18)2/h3-10,12H,11H2,1-2H3/q+1. The summed E-state index contributed by atoms with van der Waals surface area (Å²) in [5.74, 6) is 0. The Morgan fingerprint density at radius 1 is 0.952 bits per heavy atom. The highest BCUT2D eigenvalue weighted by molar-refractivity contribution is 5.75. The molecule has 3 aromatic rings. The summed E-state index contributed by atoms with van der Waals surface area (Å²) >= 11 is 0. The summed E-state index contributed by atoms with van der Waals surface area (Å²) in [6.07, 6.45) is 4.85. The van der Waals surface area contributed by atoms with Gasteiger partial charge in [0.2, 0.25) is 5.69 Å². The van der Waals surface area contributed by atoms with E-state index in [1.807, 2.05) is 12.4 Å². The number of aromatic nitrogens is 2. The van der Waals surface area contributed by atoms with Gasteiger partial charge < -0.3 is 0 Å². The van der Waals surface area contributed by atoms with Crippen molar-refractivity contribution < 1.29 is 4.57 Å². The van der Waals surface area contributed by atoms with E-state index in [-0.39, 0.29) is 0 Å². The van der Waals surface area contributed by atoms with Crippen molar-refractivity contribution in [1.29, 1.82) is 0 Å². The Morgan fingerprint density at radius 2 is 1.81 bits per heavy atom. The summed E-state index contributed by atoms with van der Waals surface area (Å²) in [5.41, 5.74) is 9.23. The first-order valence-electron chi connectivity index (χ1n) is 7.27. The van der Waals surface area contributed by atoms with Gasteiger partial charge in [0, 0.05) is 29.6 Å². The van der Waals surface area contributed by atoms with Crippen LogP contribution in [-0.2, 0) is 13.5 Å². The lowest BCUT2D eigenvalue weighted by Gasteiger charge is -2.07. The molecule has 1 aliphatic rings. The van der Waals surface area contributed by atoms with Crippen molar-refractivity contribution in [3.8, 4) is 22.4 Å². The molecule has 0 N–H and O–H groups in total. The average molecular weight is 273 g/mol. The molecule has 0 aliphatic heterocycles. The lowest BCUT2D eigenvalue weighted by molar-refractivity contribution is -0.666. The van der Waals surface area contributed by atoms with Gasteiger partial charge in [0.15, 0.2) is 5.69 Å². The molecule has 1 aromatic carbocycles. The maximum Gasteiger partial charge on any atom is 0.212 e. The zero-order valence-electron chi connectivity index (χ0n) is 12.3. The third-order valence-electron chi connectivity index (χ3n) is 4.47. The topological polar surface area (TPSA) is 16.8 Å². The van der Waals surface area contributed by atoms with E-state index in [1.54, 1.807) is 0 Å². The Labute approximate surface area is 124 Å². The van der Waals surface area contributed by atoms with E-state index < -0.39 is 0 Å². The summed E-state index contributed by atoms with van der Waals surface area (Å²) < 4.78 is 2.33. The smallest absolute Gasteiger partial charge is 0.212 e. The minimum atomic E-state index is 0.989. The fourth-order valence-electron chi connectivity index (χ4n) is 3.29. The predicted octanol–water partition coefficient (Wildman–Crippen LogP) is 3.45. The second-order valence-corrected chi connectivity index (χ2v) is 5.66. The van der Waals surface area contributed by atoms with Crippen molar-refractivity contribution in [3.63, 3.8) is 0 Å². The summed E-state index contributed by atoms with van der Waals surface area (Å²) in [6, 6.07) is 15.2. The molecule has 0 saturated carbocycles. The van der Waals surface area contributed by atoms with Crippen LogP contribution in [-0.4, -0.2) is 4.98 Å². The SMILES string of the molecule is Cc1ccccc1-c1ccc2c([n+]1C)Cc1ccncc1-2. The molecule has 0 amide bonds. The Hall–Kier alpha value is -2.48. The monoisotopic (exact) mass is 273 g/mol. The van der Waals surface area contributed by atoms with Crippen molar-refractivity contribution in [1.82, 2.24) is 4.98 Å². The molecule has 0 bridgehead atoms. The fraction of sp³-hybridized carbons (Fsp3) is 0.158. The van der Waals surface area contributed by atoms with Gasteiger partial charge in [-0.15, -0.1) is 0 Å². The van der Waals surface area contributed by atoms with Crippen LogP contribution in [0.25, 0.3) is 22.4 Å². The van der Waals surface area contributed by atoms with E-state index in [4.69, 9.17) is 0 Å². The number of hydrogen-bond donors (Lipinski definition) is 0. The van der Waals surface area contributed by atoms with Crippen molar-refractivity contribution in [3.05, 3.63) is 71.7 Å². The quantitative estimate of drug-likeness (QED) is 0.485. The first-order chi connectivity index (χ1) is 10.3. The highest BCUT2D eigenvalue weighted by atomic mass is 15.0. The number of pyridine rings is 2.